The van der Waals surface area contributed by atoms with Crippen LogP contribution < -0.4 is 21.3 Å². The lowest BCUT2D eigenvalue weighted by Crippen LogP contribution is -2.35. The Bertz CT molecular complexity index is 1050. The Morgan fingerprint density at radius 1 is 1.26 bits per heavy atom. The third-order valence-electron chi connectivity index (χ3n) is 4.61. The number of guanidine groups is 1. The first-order valence-electron chi connectivity index (χ1n) is 11.8. The van der Waals surface area contributed by atoms with Gasteiger partial charge in [0.05, 0.1) is 29.2 Å². The summed E-state index contributed by atoms with van der Waals surface area (Å²) in [4.78, 5) is 23.1. The van der Waals surface area contributed by atoms with Crippen molar-refractivity contribution in [2.24, 2.45) is 4.99 Å². The summed E-state index contributed by atoms with van der Waals surface area (Å²) in [5.41, 5.74) is 2.21. The van der Waals surface area contributed by atoms with Gasteiger partial charge >= 0.3 is 0 Å². The molecule has 0 unspecified atom stereocenters. The van der Waals surface area contributed by atoms with E-state index in [1.807, 2.05) is 39.3 Å². The SMILES string of the molecule is CN/C(=C\[N+](=O)[O-])NCCSCc1ccc(CN(C)C)o1.CN=C(NC#N)NCCSCc1nc[nH]c1C. The lowest BCUT2D eigenvalue weighted by atomic mass is 10.4. The highest BCUT2D eigenvalue weighted by atomic mass is 32.2. The number of hydrogen-bond donors (Lipinski definition) is 5. The number of imidazole rings is 1. The van der Waals surface area contributed by atoms with E-state index in [1.54, 1.807) is 43.9 Å². The molecule has 0 atom stereocenters. The molecule has 210 valence electrons. The number of nitriles is 1. The third-order valence-corrected chi connectivity index (χ3v) is 6.56. The Morgan fingerprint density at radius 3 is 2.53 bits per heavy atom. The van der Waals surface area contributed by atoms with Crippen molar-refractivity contribution in [1.82, 2.24) is 36.1 Å². The molecule has 15 heteroatoms. The molecule has 38 heavy (non-hydrogen) atoms. The first-order valence-corrected chi connectivity index (χ1v) is 14.1. The molecular weight excluding hydrogens is 528 g/mol. The number of aromatic amines is 1. The van der Waals surface area contributed by atoms with E-state index in [4.69, 9.17) is 9.68 Å². The lowest BCUT2D eigenvalue weighted by Gasteiger charge is -2.07. The highest BCUT2D eigenvalue weighted by molar-refractivity contribution is 7.98. The topological polar surface area (TPSA) is 172 Å². The number of nitro groups is 1. The van der Waals surface area contributed by atoms with Gasteiger partial charge < -0.3 is 30.3 Å². The van der Waals surface area contributed by atoms with Crippen molar-refractivity contribution in [3.8, 4) is 6.19 Å². The van der Waals surface area contributed by atoms with Crippen LogP contribution in [0.25, 0.3) is 0 Å². The van der Waals surface area contributed by atoms with E-state index in [9.17, 15) is 10.1 Å². The number of aliphatic imine (C=N–C) groups is 1. The summed E-state index contributed by atoms with van der Waals surface area (Å²) in [7, 11) is 7.28. The minimum absolute atomic E-state index is 0.409. The minimum atomic E-state index is -0.485. The van der Waals surface area contributed by atoms with E-state index in [0.29, 0.717) is 18.3 Å². The molecule has 0 spiro atoms. The van der Waals surface area contributed by atoms with Crippen LogP contribution in [0.3, 0.4) is 0 Å². The van der Waals surface area contributed by atoms with Gasteiger partial charge in [-0.05, 0) is 33.2 Å². The number of aromatic nitrogens is 2. The predicted molar refractivity (Wildman–Crippen MR) is 154 cm³/mol. The van der Waals surface area contributed by atoms with Crippen LogP contribution in [0.1, 0.15) is 22.9 Å². The zero-order valence-electron chi connectivity index (χ0n) is 22.5. The van der Waals surface area contributed by atoms with Crippen LogP contribution in [0.5, 0.6) is 0 Å². The van der Waals surface area contributed by atoms with Gasteiger partial charge in [-0.15, -0.1) is 0 Å². The molecule has 0 saturated carbocycles. The van der Waals surface area contributed by atoms with Crippen LogP contribution in [0.15, 0.2) is 39.9 Å². The maximum Gasteiger partial charge on any atom is 0.274 e. The van der Waals surface area contributed by atoms with Crippen molar-refractivity contribution in [3.05, 3.63) is 63.5 Å². The summed E-state index contributed by atoms with van der Waals surface area (Å²) in [6.45, 7) is 4.22. The standard InChI is InChI=1S/C13H22N4O3S.C10H16N6S/c1-14-13(9-17(18)19)15-6-7-21-10-12-5-4-11(20-12)8-16(2)3;1-8-9(16-7-15-8)5-17-4-3-13-10(12-2)14-6-11/h4-5,9,14-15H,6-8,10H2,1-3H3;7H,3-5H2,1-2H3,(H,15,16)(H2,12,13,14)/b13-9+;. The number of rotatable bonds is 15. The van der Waals surface area contributed by atoms with E-state index < -0.39 is 4.92 Å². The monoisotopic (exact) mass is 566 g/mol. The molecule has 0 aliphatic carbocycles. The van der Waals surface area contributed by atoms with Gasteiger partial charge in [-0.25, -0.2) is 4.98 Å². The molecule has 0 amide bonds. The average Bonchev–Trinajstić information content (AvgIpc) is 3.50. The molecule has 0 bridgehead atoms. The molecule has 5 N–H and O–H groups in total. The van der Waals surface area contributed by atoms with E-state index >= 15 is 0 Å². The lowest BCUT2D eigenvalue weighted by molar-refractivity contribution is -0.404. The highest BCUT2D eigenvalue weighted by Crippen LogP contribution is 2.16. The van der Waals surface area contributed by atoms with Crippen molar-refractivity contribution in [2.75, 3.05) is 52.8 Å². The fourth-order valence-electron chi connectivity index (χ4n) is 2.81. The molecular formula is C23H38N10O3S2. The Hall–Kier alpha value is -3.35. The van der Waals surface area contributed by atoms with Gasteiger partial charge in [-0.1, -0.05) is 0 Å². The van der Waals surface area contributed by atoms with Crippen LogP contribution in [0, 0.1) is 28.5 Å². The Balaban J connectivity index is 0.000000389. The second-order valence-corrected chi connectivity index (χ2v) is 10.1. The largest absolute Gasteiger partial charge is 0.464 e. The van der Waals surface area contributed by atoms with Crippen molar-refractivity contribution in [1.29, 1.82) is 5.26 Å². The number of furan rings is 1. The Morgan fingerprint density at radius 2 is 1.95 bits per heavy atom. The summed E-state index contributed by atoms with van der Waals surface area (Å²) in [6.07, 6.45) is 4.46. The summed E-state index contributed by atoms with van der Waals surface area (Å²) < 4.78 is 5.70. The van der Waals surface area contributed by atoms with E-state index in [2.05, 4.69) is 41.1 Å². The van der Waals surface area contributed by atoms with Crippen molar-refractivity contribution >= 4 is 29.5 Å². The number of nitrogens with zero attached hydrogens (tertiary/aromatic N) is 5. The first kappa shape index (κ1) is 32.7. The molecule has 2 rings (SSSR count). The zero-order valence-corrected chi connectivity index (χ0v) is 24.2. The van der Waals surface area contributed by atoms with Crippen LogP contribution in [-0.4, -0.2) is 78.5 Å². The summed E-state index contributed by atoms with van der Waals surface area (Å²) >= 11 is 3.50. The molecule has 0 saturated heterocycles. The Labute approximate surface area is 232 Å². The molecule has 2 heterocycles. The summed E-state index contributed by atoms with van der Waals surface area (Å²) in [5.74, 6) is 6.27. The maximum atomic E-state index is 10.3. The van der Waals surface area contributed by atoms with Crippen LogP contribution >= 0.6 is 23.5 Å². The van der Waals surface area contributed by atoms with Gasteiger partial charge in [-0.2, -0.15) is 28.8 Å². The molecule has 0 aliphatic rings. The van der Waals surface area contributed by atoms with Crippen molar-refractivity contribution in [2.45, 2.75) is 25.0 Å². The summed E-state index contributed by atoms with van der Waals surface area (Å²) in [6, 6.07) is 3.98. The Kier molecular flexibility index (Phi) is 17.0. The fourth-order valence-corrected chi connectivity index (χ4v) is 4.43. The van der Waals surface area contributed by atoms with Gasteiger partial charge in [0, 0.05) is 50.1 Å². The zero-order chi connectivity index (χ0) is 28.2. The maximum absolute atomic E-state index is 10.3. The second-order valence-electron chi connectivity index (χ2n) is 7.93. The van der Waals surface area contributed by atoms with Crippen molar-refractivity contribution in [3.63, 3.8) is 0 Å². The van der Waals surface area contributed by atoms with Gasteiger partial charge in [-0.3, -0.25) is 20.4 Å². The minimum Gasteiger partial charge on any atom is -0.464 e. The van der Waals surface area contributed by atoms with Crippen molar-refractivity contribution < 1.29 is 9.34 Å². The van der Waals surface area contributed by atoms with Crippen LogP contribution in [0.2, 0.25) is 0 Å². The number of H-pyrrole nitrogens is 1. The van der Waals surface area contributed by atoms with Gasteiger partial charge in [0.15, 0.2) is 12.0 Å². The number of thioether (sulfide) groups is 2. The molecule has 0 fully saturated rings. The summed E-state index contributed by atoms with van der Waals surface area (Å²) in [5, 5.41) is 30.0. The van der Waals surface area contributed by atoms with Crippen LogP contribution in [0.4, 0.5) is 0 Å². The van der Waals surface area contributed by atoms with Gasteiger partial charge in [0.2, 0.25) is 5.96 Å². The number of nitrogens with one attached hydrogen (secondary N) is 5. The molecule has 0 aromatic carbocycles. The molecule has 2 aromatic rings. The molecule has 0 aliphatic heterocycles. The van der Waals surface area contributed by atoms with Gasteiger partial charge in [0.25, 0.3) is 6.20 Å². The molecule has 2 aromatic heterocycles. The van der Waals surface area contributed by atoms with E-state index in [-0.39, 0.29) is 0 Å². The third kappa shape index (κ3) is 15.0. The first-order chi connectivity index (χ1) is 18.3. The normalized spacial score (nSPS) is 11.4. The quantitative estimate of drug-likeness (QED) is 0.0405. The molecule has 13 nitrogen and oxygen atoms in total. The number of aryl methyl sites for hydroxylation is 1. The fraction of sp³-hybridized carbons (Fsp3) is 0.522. The van der Waals surface area contributed by atoms with E-state index in [0.717, 1.165) is 65.2 Å². The molecule has 0 radical (unpaired) electrons. The van der Waals surface area contributed by atoms with Gasteiger partial charge in [0.1, 0.15) is 11.5 Å². The highest BCUT2D eigenvalue weighted by Gasteiger charge is 2.04. The number of hydrogen-bond acceptors (Lipinski definition) is 11. The van der Waals surface area contributed by atoms with Crippen LogP contribution in [-0.2, 0) is 18.1 Å². The second kappa shape index (κ2) is 19.7. The smallest absolute Gasteiger partial charge is 0.274 e. The van der Waals surface area contributed by atoms with E-state index in [1.165, 1.54) is 0 Å². The average molecular weight is 567 g/mol. The predicted octanol–water partition coefficient (Wildman–Crippen LogP) is 2.06.